The summed E-state index contributed by atoms with van der Waals surface area (Å²) in [6.07, 6.45) is 2.60. The monoisotopic (exact) mass is 479 g/mol. The Hall–Kier alpha value is -1.29. The van der Waals surface area contributed by atoms with E-state index >= 15 is 0 Å². The Labute approximate surface area is 172 Å². The Kier molecular flexibility index (Phi) is 10.0. The molecule has 0 aromatic carbocycles. The van der Waals surface area contributed by atoms with Gasteiger partial charge in [-0.2, -0.15) is 0 Å². The number of carbonyl (C=O) groups excluding carboxylic acids is 1. The zero-order valence-electron chi connectivity index (χ0n) is 16.0. The maximum atomic E-state index is 11.6. The topological polar surface area (TPSA) is 76.3 Å². The van der Waals surface area contributed by atoms with Crippen molar-refractivity contribution in [1.82, 2.24) is 10.2 Å². The summed E-state index contributed by atoms with van der Waals surface area (Å²) in [7, 11) is 3.34. The van der Waals surface area contributed by atoms with Crippen molar-refractivity contribution >= 4 is 35.9 Å². The largest absolute Gasteiger partial charge is 0.465 e. The van der Waals surface area contributed by atoms with E-state index in [9.17, 15) is 4.79 Å². The molecular weight excluding hydrogens is 449 g/mol. The van der Waals surface area contributed by atoms with E-state index in [1.54, 1.807) is 13.0 Å². The molecule has 2 rings (SSSR count). The number of halogens is 1. The maximum Gasteiger partial charge on any atom is 0.341 e. The van der Waals surface area contributed by atoms with Gasteiger partial charge in [0.25, 0.3) is 0 Å². The Morgan fingerprint density at radius 3 is 2.81 bits per heavy atom. The molecule has 1 N–H and O–H groups in total. The number of nitrogens with zero attached hydrogens (tertiary/aromatic N) is 2. The number of furan rings is 1. The normalized spacial score (nSPS) is 13.9. The number of carbonyl (C=O) groups is 1. The zero-order valence-corrected chi connectivity index (χ0v) is 18.4. The van der Waals surface area contributed by atoms with E-state index in [4.69, 9.17) is 13.9 Å². The number of esters is 1. The van der Waals surface area contributed by atoms with Crippen molar-refractivity contribution < 1.29 is 18.7 Å². The fourth-order valence-electron chi connectivity index (χ4n) is 2.40. The highest BCUT2D eigenvalue weighted by atomic mass is 127. The third kappa shape index (κ3) is 7.14. The molecule has 0 saturated heterocycles. The van der Waals surface area contributed by atoms with Crippen LogP contribution in [0.5, 0.6) is 0 Å². The molecule has 0 amide bonds. The minimum atomic E-state index is -0.395. The number of aliphatic imine (C=N–C) groups is 1. The summed E-state index contributed by atoms with van der Waals surface area (Å²) in [6.45, 7) is 7.22. The Morgan fingerprint density at radius 2 is 2.19 bits per heavy atom. The Balaban J connectivity index is 0.00000338. The van der Waals surface area contributed by atoms with Gasteiger partial charge in [-0.25, -0.2) is 9.79 Å². The van der Waals surface area contributed by atoms with Crippen molar-refractivity contribution in [2.45, 2.75) is 33.2 Å². The van der Waals surface area contributed by atoms with E-state index in [-0.39, 0.29) is 24.0 Å². The van der Waals surface area contributed by atoms with Gasteiger partial charge in [0.2, 0.25) is 0 Å². The fourth-order valence-corrected chi connectivity index (χ4v) is 2.40. The molecule has 1 fully saturated rings. The first-order chi connectivity index (χ1) is 12.0. The van der Waals surface area contributed by atoms with E-state index < -0.39 is 5.97 Å². The SMILES string of the molecule is CCNC(=NCc1cc(C(=O)OC)c(C)o1)N(C)CCOCC1CC1.I. The van der Waals surface area contributed by atoms with E-state index in [0.717, 1.165) is 31.6 Å². The van der Waals surface area contributed by atoms with Gasteiger partial charge in [0.1, 0.15) is 23.6 Å². The summed E-state index contributed by atoms with van der Waals surface area (Å²) in [6, 6.07) is 1.69. The standard InChI is InChI=1S/C18H29N3O4.HI/c1-5-19-18(21(3)8-9-24-12-14-6-7-14)20-11-15-10-16(13(2)25-15)17(22)23-4;/h10,14H,5-9,11-12H2,1-4H3,(H,19,20);1H. The van der Waals surface area contributed by atoms with Crippen LogP contribution < -0.4 is 5.32 Å². The molecule has 0 aliphatic heterocycles. The summed E-state index contributed by atoms with van der Waals surface area (Å²) < 4.78 is 16.0. The molecule has 0 unspecified atom stereocenters. The van der Waals surface area contributed by atoms with Crippen LogP contribution in [0.3, 0.4) is 0 Å². The molecule has 0 atom stereocenters. The lowest BCUT2D eigenvalue weighted by atomic mass is 10.2. The van der Waals surface area contributed by atoms with Crippen LogP contribution in [0.15, 0.2) is 15.5 Å². The molecule has 1 heterocycles. The average Bonchev–Trinajstić information content (AvgIpc) is 3.35. The van der Waals surface area contributed by atoms with E-state index in [0.29, 0.717) is 30.2 Å². The molecule has 0 bridgehead atoms. The van der Waals surface area contributed by atoms with Crippen LogP contribution in [0.25, 0.3) is 0 Å². The molecule has 0 radical (unpaired) electrons. The van der Waals surface area contributed by atoms with Crippen LogP contribution in [0, 0.1) is 12.8 Å². The van der Waals surface area contributed by atoms with Crippen LogP contribution in [0.2, 0.25) is 0 Å². The minimum absolute atomic E-state index is 0. The van der Waals surface area contributed by atoms with Crippen LogP contribution in [-0.4, -0.2) is 57.3 Å². The van der Waals surface area contributed by atoms with Crippen LogP contribution >= 0.6 is 24.0 Å². The molecule has 1 saturated carbocycles. The number of ether oxygens (including phenoxy) is 2. The van der Waals surface area contributed by atoms with Gasteiger partial charge in [-0.1, -0.05) is 0 Å². The molecular formula is C18H30IN3O4. The summed E-state index contributed by atoms with van der Waals surface area (Å²) >= 11 is 0. The molecule has 7 nitrogen and oxygen atoms in total. The van der Waals surface area contributed by atoms with Gasteiger partial charge in [-0.15, -0.1) is 24.0 Å². The van der Waals surface area contributed by atoms with E-state index in [2.05, 4.69) is 10.3 Å². The van der Waals surface area contributed by atoms with Crippen LogP contribution in [-0.2, 0) is 16.0 Å². The first kappa shape index (κ1) is 22.8. The number of aryl methyl sites for hydroxylation is 1. The predicted octanol–water partition coefficient (Wildman–Crippen LogP) is 2.82. The second-order valence-electron chi connectivity index (χ2n) is 6.28. The van der Waals surface area contributed by atoms with Gasteiger partial charge in [0.05, 0.1) is 13.7 Å². The maximum absolute atomic E-state index is 11.6. The van der Waals surface area contributed by atoms with E-state index in [1.165, 1.54) is 20.0 Å². The molecule has 0 spiro atoms. The lowest BCUT2D eigenvalue weighted by Gasteiger charge is -2.21. The smallest absolute Gasteiger partial charge is 0.341 e. The summed E-state index contributed by atoms with van der Waals surface area (Å²) in [5, 5.41) is 3.26. The minimum Gasteiger partial charge on any atom is -0.465 e. The quantitative estimate of drug-likeness (QED) is 0.193. The van der Waals surface area contributed by atoms with Gasteiger partial charge >= 0.3 is 5.97 Å². The summed E-state index contributed by atoms with van der Waals surface area (Å²) in [4.78, 5) is 18.3. The molecule has 1 aliphatic rings. The molecule has 1 aromatic heterocycles. The summed E-state index contributed by atoms with van der Waals surface area (Å²) in [5.74, 6) is 2.34. The van der Waals surface area contributed by atoms with Gasteiger partial charge in [0, 0.05) is 26.7 Å². The molecule has 148 valence electrons. The fraction of sp³-hybridized carbons (Fsp3) is 0.667. The highest BCUT2D eigenvalue weighted by Gasteiger charge is 2.21. The molecule has 1 aliphatic carbocycles. The van der Waals surface area contributed by atoms with Gasteiger partial charge in [0.15, 0.2) is 5.96 Å². The van der Waals surface area contributed by atoms with Crippen molar-refractivity contribution in [2.24, 2.45) is 10.9 Å². The second kappa shape index (κ2) is 11.4. The highest BCUT2D eigenvalue weighted by molar-refractivity contribution is 14.0. The molecule has 26 heavy (non-hydrogen) atoms. The first-order valence-corrected chi connectivity index (χ1v) is 8.80. The lowest BCUT2D eigenvalue weighted by Crippen LogP contribution is -2.40. The number of hydrogen-bond donors (Lipinski definition) is 1. The van der Waals surface area contributed by atoms with Crippen molar-refractivity contribution in [1.29, 1.82) is 0 Å². The Bertz CT molecular complexity index is 599. The third-order valence-corrected chi connectivity index (χ3v) is 4.08. The Morgan fingerprint density at radius 1 is 1.46 bits per heavy atom. The lowest BCUT2D eigenvalue weighted by molar-refractivity contribution is 0.0599. The predicted molar refractivity (Wildman–Crippen MR) is 111 cm³/mol. The second-order valence-corrected chi connectivity index (χ2v) is 6.28. The summed E-state index contributed by atoms with van der Waals surface area (Å²) in [5.41, 5.74) is 0.444. The number of guanidine groups is 1. The van der Waals surface area contributed by atoms with Crippen LogP contribution in [0.1, 0.15) is 41.6 Å². The molecule has 1 aromatic rings. The number of methoxy groups -OCH3 is 1. The molecule has 8 heteroatoms. The zero-order chi connectivity index (χ0) is 18.2. The van der Waals surface area contributed by atoms with Crippen molar-refractivity contribution in [2.75, 3.05) is 40.5 Å². The number of likely N-dealkylation sites (N-methyl/N-ethyl adjacent to an activating group) is 1. The number of rotatable bonds is 9. The first-order valence-electron chi connectivity index (χ1n) is 8.80. The number of nitrogens with one attached hydrogen (secondary N) is 1. The average molecular weight is 479 g/mol. The van der Waals surface area contributed by atoms with Gasteiger partial charge < -0.3 is 24.1 Å². The number of hydrogen-bond acceptors (Lipinski definition) is 5. The van der Waals surface area contributed by atoms with Gasteiger partial charge in [-0.3, -0.25) is 0 Å². The van der Waals surface area contributed by atoms with Crippen molar-refractivity contribution in [3.8, 4) is 0 Å². The van der Waals surface area contributed by atoms with Gasteiger partial charge in [-0.05, 0) is 38.7 Å². The van der Waals surface area contributed by atoms with Crippen molar-refractivity contribution in [3.05, 3.63) is 23.2 Å². The highest BCUT2D eigenvalue weighted by Crippen LogP contribution is 2.28. The van der Waals surface area contributed by atoms with Crippen molar-refractivity contribution in [3.63, 3.8) is 0 Å². The van der Waals surface area contributed by atoms with E-state index in [1.807, 2.05) is 18.9 Å². The third-order valence-electron chi connectivity index (χ3n) is 4.08. The van der Waals surface area contributed by atoms with Crippen LogP contribution in [0.4, 0.5) is 0 Å².